The van der Waals surface area contributed by atoms with Crippen molar-refractivity contribution in [1.82, 2.24) is 0 Å². The van der Waals surface area contributed by atoms with Gasteiger partial charge in [0.05, 0.1) is 12.0 Å². The van der Waals surface area contributed by atoms with Crippen LogP contribution in [0.4, 0.5) is 0 Å². The largest absolute Gasteiger partial charge is 0.508 e. The number of carbonyl (C=O) groups is 1. The summed E-state index contributed by atoms with van der Waals surface area (Å²) in [6, 6.07) is 6.58. The van der Waals surface area contributed by atoms with Gasteiger partial charge in [-0.1, -0.05) is 12.1 Å². The summed E-state index contributed by atoms with van der Waals surface area (Å²) in [6.07, 6.45) is -0.0999. The van der Waals surface area contributed by atoms with Gasteiger partial charge in [-0.3, -0.25) is 4.79 Å². The minimum atomic E-state index is -0.298. The summed E-state index contributed by atoms with van der Waals surface area (Å²) < 4.78 is 5.10. The Hall–Kier alpha value is -1.51. The first kappa shape index (κ1) is 11.6. The molecular weight excluding hydrogens is 192 g/mol. The first-order valence-corrected chi connectivity index (χ1v) is 5.00. The Bertz CT molecular complexity index is 327. The maximum atomic E-state index is 11.6. The summed E-state index contributed by atoms with van der Waals surface area (Å²) >= 11 is 0. The maximum absolute atomic E-state index is 11.6. The molecule has 1 aromatic rings. The number of hydrogen-bond acceptors (Lipinski definition) is 3. The molecule has 1 atom stereocenters. The van der Waals surface area contributed by atoms with Crippen molar-refractivity contribution in [2.45, 2.75) is 32.8 Å². The van der Waals surface area contributed by atoms with Gasteiger partial charge in [-0.15, -0.1) is 0 Å². The highest BCUT2D eigenvalue weighted by Crippen LogP contribution is 2.20. The minimum Gasteiger partial charge on any atom is -0.508 e. The van der Waals surface area contributed by atoms with Crippen LogP contribution in [0.1, 0.15) is 32.3 Å². The van der Waals surface area contributed by atoms with Crippen molar-refractivity contribution in [3.63, 3.8) is 0 Å². The third-order valence-electron chi connectivity index (χ3n) is 2.10. The van der Waals surface area contributed by atoms with E-state index in [-0.39, 0.29) is 23.7 Å². The lowest BCUT2D eigenvalue weighted by Gasteiger charge is -2.13. The van der Waals surface area contributed by atoms with Crippen molar-refractivity contribution in [2.75, 3.05) is 0 Å². The van der Waals surface area contributed by atoms with Gasteiger partial charge in [0, 0.05) is 0 Å². The fraction of sp³-hybridized carbons (Fsp3) is 0.417. The van der Waals surface area contributed by atoms with Crippen LogP contribution in [-0.4, -0.2) is 17.2 Å². The molecule has 0 fully saturated rings. The van der Waals surface area contributed by atoms with E-state index in [4.69, 9.17) is 9.84 Å². The van der Waals surface area contributed by atoms with Gasteiger partial charge in [-0.2, -0.15) is 0 Å². The molecule has 0 amide bonds. The van der Waals surface area contributed by atoms with Crippen molar-refractivity contribution >= 4 is 5.97 Å². The number of rotatable bonds is 3. The van der Waals surface area contributed by atoms with Crippen molar-refractivity contribution in [3.8, 4) is 5.75 Å². The number of phenols is 1. The second-order valence-electron chi connectivity index (χ2n) is 3.80. The lowest BCUT2D eigenvalue weighted by molar-refractivity contribution is -0.148. The molecule has 0 bridgehead atoms. The normalized spacial score (nSPS) is 12.5. The number of benzene rings is 1. The van der Waals surface area contributed by atoms with Gasteiger partial charge in [0.2, 0.25) is 0 Å². The lowest BCUT2D eigenvalue weighted by atomic mass is 10.0. The van der Waals surface area contributed by atoms with E-state index >= 15 is 0 Å². The maximum Gasteiger partial charge on any atom is 0.313 e. The van der Waals surface area contributed by atoms with Crippen LogP contribution in [0.3, 0.4) is 0 Å². The highest BCUT2D eigenvalue weighted by atomic mass is 16.5. The standard InChI is InChI=1S/C12H16O3/c1-8(2)15-12(14)9(3)10-4-6-11(13)7-5-10/h4-9,13H,1-3H3. The van der Waals surface area contributed by atoms with Crippen LogP contribution in [0.15, 0.2) is 24.3 Å². The van der Waals surface area contributed by atoms with Crippen LogP contribution < -0.4 is 0 Å². The Kier molecular flexibility index (Phi) is 3.72. The van der Waals surface area contributed by atoms with Crippen LogP contribution in [-0.2, 0) is 9.53 Å². The second-order valence-corrected chi connectivity index (χ2v) is 3.80. The summed E-state index contributed by atoms with van der Waals surface area (Å²) in [7, 11) is 0. The molecule has 15 heavy (non-hydrogen) atoms. The van der Waals surface area contributed by atoms with Gasteiger partial charge < -0.3 is 9.84 Å². The molecule has 0 heterocycles. The van der Waals surface area contributed by atoms with Crippen molar-refractivity contribution in [3.05, 3.63) is 29.8 Å². The lowest BCUT2D eigenvalue weighted by Crippen LogP contribution is -2.17. The van der Waals surface area contributed by atoms with Crippen LogP contribution in [0.5, 0.6) is 5.75 Å². The van der Waals surface area contributed by atoms with Crippen molar-refractivity contribution in [1.29, 1.82) is 0 Å². The predicted molar refractivity (Wildman–Crippen MR) is 57.7 cm³/mol. The minimum absolute atomic E-state index is 0.0999. The molecule has 3 nitrogen and oxygen atoms in total. The van der Waals surface area contributed by atoms with Crippen molar-refractivity contribution < 1.29 is 14.6 Å². The summed E-state index contributed by atoms with van der Waals surface area (Å²) in [6.45, 7) is 5.43. The number of carbonyl (C=O) groups excluding carboxylic acids is 1. The van der Waals surface area contributed by atoms with Gasteiger partial charge in [0.25, 0.3) is 0 Å². The van der Waals surface area contributed by atoms with Gasteiger partial charge in [0.1, 0.15) is 5.75 Å². The molecule has 0 radical (unpaired) electrons. The molecule has 1 rings (SSSR count). The van der Waals surface area contributed by atoms with Crippen LogP contribution >= 0.6 is 0 Å². The number of ether oxygens (including phenoxy) is 1. The summed E-state index contributed by atoms with van der Waals surface area (Å²) in [5.41, 5.74) is 0.846. The fourth-order valence-electron chi connectivity index (χ4n) is 1.23. The van der Waals surface area contributed by atoms with Gasteiger partial charge >= 0.3 is 5.97 Å². The van der Waals surface area contributed by atoms with E-state index < -0.39 is 0 Å². The topological polar surface area (TPSA) is 46.5 Å². The summed E-state index contributed by atoms with van der Waals surface area (Å²) in [5.74, 6) is -0.341. The molecule has 0 aliphatic carbocycles. The molecule has 1 aromatic carbocycles. The fourth-order valence-corrected chi connectivity index (χ4v) is 1.23. The Morgan fingerprint density at radius 3 is 2.20 bits per heavy atom. The Morgan fingerprint density at radius 2 is 1.73 bits per heavy atom. The zero-order valence-electron chi connectivity index (χ0n) is 9.23. The number of phenolic OH excluding ortho intramolecular Hbond substituents is 1. The van der Waals surface area contributed by atoms with Gasteiger partial charge in [0.15, 0.2) is 0 Å². The van der Waals surface area contributed by atoms with Crippen LogP contribution in [0.2, 0.25) is 0 Å². The Balaban J connectivity index is 2.71. The second kappa shape index (κ2) is 4.82. The molecule has 0 aliphatic rings. The van der Waals surface area contributed by atoms with Crippen LogP contribution in [0, 0.1) is 0 Å². The van der Waals surface area contributed by atoms with E-state index in [9.17, 15) is 4.79 Å². The summed E-state index contributed by atoms with van der Waals surface area (Å²) in [4.78, 5) is 11.6. The van der Waals surface area contributed by atoms with Crippen LogP contribution in [0.25, 0.3) is 0 Å². The van der Waals surface area contributed by atoms with E-state index in [0.29, 0.717) is 0 Å². The van der Waals surface area contributed by atoms with E-state index in [1.165, 1.54) is 0 Å². The first-order chi connectivity index (χ1) is 7.00. The van der Waals surface area contributed by atoms with Crippen molar-refractivity contribution in [2.24, 2.45) is 0 Å². The molecule has 3 heteroatoms. The summed E-state index contributed by atoms with van der Waals surface area (Å²) in [5, 5.41) is 9.11. The third kappa shape index (κ3) is 3.27. The SMILES string of the molecule is CC(C)OC(=O)C(C)c1ccc(O)cc1. The number of esters is 1. The predicted octanol–water partition coefficient (Wildman–Crippen LogP) is 2.45. The van der Waals surface area contributed by atoms with Gasteiger partial charge in [-0.25, -0.2) is 0 Å². The molecule has 1 unspecified atom stereocenters. The van der Waals surface area contributed by atoms with E-state index in [2.05, 4.69) is 0 Å². The first-order valence-electron chi connectivity index (χ1n) is 5.00. The highest BCUT2D eigenvalue weighted by Gasteiger charge is 2.17. The molecule has 82 valence electrons. The molecule has 0 aliphatic heterocycles. The molecule has 1 N–H and O–H groups in total. The molecule has 0 aromatic heterocycles. The van der Waals surface area contributed by atoms with E-state index in [1.54, 1.807) is 31.2 Å². The molecule has 0 saturated heterocycles. The smallest absolute Gasteiger partial charge is 0.313 e. The zero-order chi connectivity index (χ0) is 11.4. The average molecular weight is 208 g/mol. The Labute approximate surface area is 89.7 Å². The average Bonchev–Trinajstić information content (AvgIpc) is 2.17. The van der Waals surface area contributed by atoms with Gasteiger partial charge in [-0.05, 0) is 38.5 Å². The Morgan fingerprint density at radius 1 is 1.20 bits per heavy atom. The number of aromatic hydroxyl groups is 1. The molecule has 0 saturated carbocycles. The van der Waals surface area contributed by atoms with E-state index in [1.807, 2.05) is 13.8 Å². The third-order valence-corrected chi connectivity index (χ3v) is 2.10. The zero-order valence-corrected chi connectivity index (χ0v) is 9.23. The monoisotopic (exact) mass is 208 g/mol. The highest BCUT2D eigenvalue weighted by molar-refractivity contribution is 5.77. The molecular formula is C12H16O3. The number of hydrogen-bond donors (Lipinski definition) is 1. The quantitative estimate of drug-likeness (QED) is 0.776. The van der Waals surface area contributed by atoms with E-state index in [0.717, 1.165) is 5.56 Å². The molecule has 0 spiro atoms.